The maximum absolute atomic E-state index is 14.3. The number of benzene rings is 1. The predicted molar refractivity (Wildman–Crippen MR) is 88.4 cm³/mol. The zero-order valence-corrected chi connectivity index (χ0v) is 13.9. The second-order valence-electron chi connectivity index (χ2n) is 6.12. The first kappa shape index (κ1) is 17.3. The van der Waals surface area contributed by atoms with Gasteiger partial charge in [-0.05, 0) is 45.0 Å². The zero-order valence-electron chi connectivity index (χ0n) is 13.9. The van der Waals surface area contributed by atoms with Gasteiger partial charge in [0.25, 0.3) is 5.91 Å². The quantitative estimate of drug-likeness (QED) is 0.902. The van der Waals surface area contributed by atoms with Crippen LogP contribution in [0.1, 0.15) is 34.5 Å². The van der Waals surface area contributed by atoms with Gasteiger partial charge >= 0.3 is 0 Å². The second kappa shape index (κ2) is 7.14. The molecule has 2 N–H and O–H groups in total. The van der Waals surface area contributed by atoms with Gasteiger partial charge in [-0.2, -0.15) is 0 Å². The van der Waals surface area contributed by atoms with Crippen LogP contribution in [0.4, 0.5) is 8.78 Å². The Balaban J connectivity index is 1.87. The Morgan fingerprint density at radius 3 is 2.48 bits per heavy atom. The molecule has 2 heterocycles. The van der Waals surface area contributed by atoms with Crippen LogP contribution in [-0.4, -0.2) is 28.9 Å². The first-order chi connectivity index (χ1) is 11.9. The fourth-order valence-corrected chi connectivity index (χ4v) is 2.86. The Kier molecular flexibility index (Phi) is 4.94. The van der Waals surface area contributed by atoms with Crippen molar-refractivity contribution in [3.8, 4) is 11.6 Å². The normalized spacial score (nSPS) is 14.7. The Bertz CT molecular complexity index is 782. The molecule has 3 rings (SSSR count). The Morgan fingerprint density at radius 2 is 1.88 bits per heavy atom. The summed E-state index contributed by atoms with van der Waals surface area (Å²) in [6, 6.07) is 5.27. The number of hydrogen-bond donors (Lipinski definition) is 1. The van der Waals surface area contributed by atoms with Crippen LogP contribution in [-0.2, 0) is 6.54 Å². The van der Waals surface area contributed by atoms with E-state index >= 15 is 0 Å². The van der Waals surface area contributed by atoms with Crippen LogP contribution >= 0.6 is 0 Å². The van der Waals surface area contributed by atoms with E-state index in [1.165, 1.54) is 6.07 Å². The van der Waals surface area contributed by atoms with Gasteiger partial charge in [-0.25, -0.2) is 13.8 Å². The molecule has 0 atom stereocenters. The third-order valence-corrected chi connectivity index (χ3v) is 4.17. The lowest BCUT2D eigenvalue weighted by Crippen LogP contribution is -2.20. The van der Waals surface area contributed by atoms with Gasteiger partial charge < -0.3 is 10.5 Å². The summed E-state index contributed by atoms with van der Waals surface area (Å²) in [5.74, 6) is -2.24. The van der Waals surface area contributed by atoms with Gasteiger partial charge in [-0.3, -0.25) is 9.69 Å². The summed E-state index contributed by atoms with van der Waals surface area (Å²) in [5.41, 5.74) is 5.93. The summed E-state index contributed by atoms with van der Waals surface area (Å²) in [6.07, 6.45) is 2.08. The lowest BCUT2D eigenvalue weighted by Gasteiger charge is -2.16. The lowest BCUT2D eigenvalue weighted by molar-refractivity contribution is 0.0997. The Morgan fingerprint density at radius 1 is 1.24 bits per heavy atom. The van der Waals surface area contributed by atoms with Gasteiger partial charge in [-0.15, -0.1) is 0 Å². The molecule has 1 aromatic heterocycles. The molecule has 1 aromatic carbocycles. The fourth-order valence-electron chi connectivity index (χ4n) is 2.86. The number of aromatic nitrogens is 1. The number of amides is 1. The largest absolute Gasteiger partial charge is 0.438 e. The first-order valence-electron chi connectivity index (χ1n) is 8.09. The van der Waals surface area contributed by atoms with Crippen molar-refractivity contribution < 1.29 is 18.3 Å². The number of primary amides is 1. The number of nitrogens with zero attached hydrogens (tertiary/aromatic N) is 2. The minimum atomic E-state index is -0.728. The van der Waals surface area contributed by atoms with Crippen molar-refractivity contribution in [2.45, 2.75) is 26.3 Å². The van der Waals surface area contributed by atoms with Crippen LogP contribution in [0.3, 0.4) is 0 Å². The van der Waals surface area contributed by atoms with E-state index in [2.05, 4.69) is 4.98 Å². The maximum atomic E-state index is 14.3. The molecule has 0 spiro atoms. The molecule has 7 heteroatoms. The highest BCUT2D eigenvalue weighted by atomic mass is 19.1. The molecule has 5 nitrogen and oxygen atoms in total. The molecule has 0 bridgehead atoms. The van der Waals surface area contributed by atoms with Crippen LogP contribution in [0.25, 0.3) is 0 Å². The molecule has 2 aromatic rings. The zero-order chi connectivity index (χ0) is 18.0. The molecule has 0 aliphatic carbocycles. The van der Waals surface area contributed by atoms with E-state index in [9.17, 15) is 13.6 Å². The van der Waals surface area contributed by atoms with Crippen molar-refractivity contribution in [2.24, 2.45) is 5.73 Å². The molecule has 1 aliphatic rings. The molecular weight excluding hydrogens is 328 g/mol. The van der Waals surface area contributed by atoms with Crippen LogP contribution in [0.15, 0.2) is 24.3 Å². The number of hydrogen-bond acceptors (Lipinski definition) is 4. The monoisotopic (exact) mass is 347 g/mol. The van der Waals surface area contributed by atoms with Gasteiger partial charge in [0, 0.05) is 29.9 Å². The highest BCUT2D eigenvalue weighted by Crippen LogP contribution is 2.28. The smallest absolute Gasteiger partial charge is 0.254 e. The number of carbonyl (C=O) groups excluding carboxylic acids is 1. The third-order valence-electron chi connectivity index (χ3n) is 4.17. The summed E-state index contributed by atoms with van der Waals surface area (Å²) in [7, 11) is 0. The van der Waals surface area contributed by atoms with Gasteiger partial charge in [0.1, 0.15) is 22.9 Å². The van der Waals surface area contributed by atoms with Crippen LogP contribution in [0, 0.1) is 18.6 Å². The highest BCUT2D eigenvalue weighted by Gasteiger charge is 2.19. The van der Waals surface area contributed by atoms with E-state index in [1.54, 1.807) is 13.0 Å². The summed E-state index contributed by atoms with van der Waals surface area (Å²) < 4.78 is 34.1. The summed E-state index contributed by atoms with van der Waals surface area (Å²) >= 11 is 0. The molecule has 25 heavy (non-hydrogen) atoms. The molecule has 132 valence electrons. The standard InChI is InChI=1S/C18H19F2N3O2/c1-11-4-5-13(17(21)24)18(22-11)25-12-8-15(19)14(16(20)9-12)10-23-6-2-3-7-23/h4-5,8-9H,2-3,6-7,10H2,1H3,(H2,21,24). The number of nitrogens with two attached hydrogens (primary N) is 1. The number of carbonyl (C=O) groups is 1. The van der Waals surface area contributed by atoms with Gasteiger partial charge in [-0.1, -0.05) is 0 Å². The van der Waals surface area contributed by atoms with Crippen molar-refractivity contribution in [3.63, 3.8) is 0 Å². The number of ether oxygens (including phenoxy) is 1. The van der Waals surface area contributed by atoms with Crippen LogP contribution in [0.2, 0.25) is 0 Å². The van der Waals surface area contributed by atoms with Crippen LogP contribution < -0.4 is 10.5 Å². The summed E-state index contributed by atoms with van der Waals surface area (Å²) in [4.78, 5) is 17.5. The Hall–Kier alpha value is -2.54. The topological polar surface area (TPSA) is 68.5 Å². The maximum Gasteiger partial charge on any atom is 0.254 e. The number of likely N-dealkylation sites (tertiary alicyclic amines) is 1. The van der Waals surface area contributed by atoms with E-state index < -0.39 is 17.5 Å². The Labute approximate surface area is 144 Å². The number of aryl methyl sites for hydroxylation is 1. The van der Waals surface area contributed by atoms with E-state index in [0.717, 1.165) is 38.1 Å². The van der Waals surface area contributed by atoms with Gasteiger partial charge in [0.05, 0.1) is 0 Å². The average molecular weight is 347 g/mol. The SMILES string of the molecule is Cc1ccc(C(N)=O)c(Oc2cc(F)c(CN3CCCC3)c(F)c2)n1. The number of halogens is 2. The highest BCUT2D eigenvalue weighted by molar-refractivity contribution is 5.95. The molecule has 1 saturated heterocycles. The van der Waals surface area contributed by atoms with Gasteiger partial charge in [0.2, 0.25) is 5.88 Å². The minimum Gasteiger partial charge on any atom is -0.438 e. The van der Waals surface area contributed by atoms with Crippen molar-refractivity contribution in [1.29, 1.82) is 0 Å². The third kappa shape index (κ3) is 3.93. The minimum absolute atomic E-state index is 0.0153. The summed E-state index contributed by atoms with van der Waals surface area (Å²) in [5, 5.41) is 0. The number of pyridine rings is 1. The van der Waals surface area contributed by atoms with Crippen LogP contribution in [0.5, 0.6) is 11.6 Å². The van der Waals surface area contributed by atoms with Crippen molar-refractivity contribution >= 4 is 5.91 Å². The predicted octanol–water partition coefficient (Wildman–Crippen LogP) is 3.16. The average Bonchev–Trinajstić information content (AvgIpc) is 3.04. The molecule has 1 aliphatic heterocycles. The van der Waals surface area contributed by atoms with E-state index in [4.69, 9.17) is 10.5 Å². The van der Waals surface area contributed by atoms with E-state index in [-0.39, 0.29) is 29.3 Å². The van der Waals surface area contributed by atoms with E-state index in [1.807, 2.05) is 4.90 Å². The van der Waals surface area contributed by atoms with Crippen molar-refractivity contribution in [2.75, 3.05) is 13.1 Å². The molecule has 0 radical (unpaired) electrons. The second-order valence-corrected chi connectivity index (χ2v) is 6.12. The van der Waals surface area contributed by atoms with Crippen molar-refractivity contribution in [1.82, 2.24) is 9.88 Å². The van der Waals surface area contributed by atoms with Gasteiger partial charge in [0.15, 0.2) is 0 Å². The van der Waals surface area contributed by atoms with E-state index in [0.29, 0.717) is 5.69 Å². The fraction of sp³-hybridized carbons (Fsp3) is 0.333. The molecule has 1 fully saturated rings. The molecule has 0 saturated carbocycles. The molecular formula is C18H19F2N3O2. The lowest BCUT2D eigenvalue weighted by atomic mass is 10.1. The molecule has 0 unspecified atom stereocenters. The summed E-state index contributed by atoms with van der Waals surface area (Å²) in [6.45, 7) is 3.61. The first-order valence-corrected chi connectivity index (χ1v) is 8.09. The number of rotatable bonds is 5. The molecule has 1 amide bonds. The van der Waals surface area contributed by atoms with Crippen molar-refractivity contribution in [3.05, 3.63) is 52.7 Å².